The molecular formula is C20H27N3O2. The number of aryl methyl sites for hydroxylation is 1. The van der Waals surface area contributed by atoms with E-state index in [1.54, 1.807) is 0 Å². The summed E-state index contributed by atoms with van der Waals surface area (Å²) in [6.45, 7) is 3.56. The van der Waals surface area contributed by atoms with Crippen LogP contribution in [0.1, 0.15) is 54.4 Å². The molecule has 0 bridgehead atoms. The van der Waals surface area contributed by atoms with Crippen LogP contribution in [0.5, 0.6) is 0 Å². The third kappa shape index (κ3) is 3.65. The molecule has 0 aromatic heterocycles. The number of nitrogens with one attached hydrogen (secondary N) is 2. The van der Waals surface area contributed by atoms with Gasteiger partial charge >= 0.3 is 6.03 Å². The molecule has 25 heavy (non-hydrogen) atoms. The molecule has 0 radical (unpaired) electrons. The number of carbonyl (C=O) groups is 2. The van der Waals surface area contributed by atoms with Gasteiger partial charge in [0.2, 0.25) is 0 Å². The molecule has 0 atom stereocenters. The molecule has 3 aliphatic rings. The number of hydrogen-bond donors (Lipinski definition) is 2. The largest absolute Gasteiger partial charge is 0.339 e. The predicted molar refractivity (Wildman–Crippen MR) is 97.7 cm³/mol. The van der Waals surface area contributed by atoms with Crippen LogP contribution in [0.15, 0.2) is 18.2 Å². The van der Waals surface area contributed by atoms with Gasteiger partial charge in [-0.25, -0.2) is 4.79 Å². The molecule has 5 heteroatoms. The fraction of sp³-hybridized carbons (Fsp3) is 0.600. The van der Waals surface area contributed by atoms with Crippen LogP contribution in [-0.2, 0) is 0 Å². The molecule has 4 rings (SSSR count). The molecule has 1 aromatic carbocycles. The molecule has 1 saturated heterocycles. The number of urea groups is 1. The van der Waals surface area contributed by atoms with Crippen LogP contribution in [0.25, 0.3) is 0 Å². The maximum atomic E-state index is 12.8. The minimum absolute atomic E-state index is 0.0254. The molecule has 3 fully saturated rings. The van der Waals surface area contributed by atoms with E-state index >= 15 is 0 Å². The second kappa shape index (κ2) is 6.70. The summed E-state index contributed by atoms with van der Waals surface area (Å²) in [5.41, 5.74) is 2.18. The summed E-state index contributed by atoms with van der Waals surface area (Å²) < 4.78 is 0. The Labute approximate surface area is 149 Å². The minimum atomic E-state index is -0.173. The van der Waals surface area contributed by atoms with Gasteiger partial charge in [0, 0.05) is 19.1 Å². The van der Waals surface area contributed by atoms with Gasteiger partial charge in [0.25, 0.3) is 5.91 Å². The average Bonchev–Trinajstić information content (AvgIpc) is 3.53. The Morgan fingerprint density at radius 1 is 1.08 bits per heavy atom. The van der Waals surface area contributed by atoms with Gasteiger partial charge < -0.3 is 15.5 Å². The number of carbonyl (C=O) groups excluding carboxylic acids is 2. The first-order valence-electron chi connectivity index (χ1n) is 9.60. The molecular weight excluding hydrogens is 314 g/mol. The first-order chi connectivity index (χ1) is 12.1. The summed E-state index contributed by atoms with van der Waals surface area (Å²) in [5.74, 6) is 1.33. The van der Waals surface area contributed by atoms with Crippen LogP contribution in [0.4, 0.5) is 10.5 Å². The van der Waals surface area contributed by atoms with Crippen LogP contribution in [-0.4, -0.2) is 36.0 Å². The number of likely N-dealkylation sites (tertiary alicyclic amines) is 1. The Morgan fingerprint density at radius 3 is 2.32 bits per heavy atom. The number of amides is 3. The van der Waals surface area contributed by atoms with Gasteiger partial charge in [-0.1, -0.05) is 12.1 Å². The Kier molecular flexibility index (Phi) is 4.40. The van der Waals surface area contributed by atoms with Gasteiger partial charge in [0.15, 0.2) is 0 Å². The maximum Gasteiger partial charge on any atom is 0.319 e. The smallest absolute Gasteiger partial charge is 0.319 e. The van der Waals surface area contributed by atoms with E-state index in [-0.39, 0.29) is 11.9 Å². The van der Waals surface area contributed by atoms with Crippen molar-refractivity contribution in [1.82, 2.24) is 10.2 Å². The molecule has 0 unspecified atom stereocenters. The van der Waals surface area contributed by atoms with E-state index in [9.17, 15) is 9.59 Å². The lowest BCUT2D eigenvalue weighted by molar-refractivity contribution is 0.0794. The first kappa shape index (κ1) is 16.4. The lowest BCUT2D eigenvalue weighted by Crippen LogP contribution is -2.41. The normalized spacial score (nSPS) is 20.0. The van der Waals surface area contributed by atoms with E-state index in [4.69, 9.17) is 0 Å². The molecule has 5 nitrogen and oxygen atoms in total. The topological polar surface area (TPSA) is 61.4 Å². The van der Waals surface area contributed by atoms with Crippen molar-refractivity contribution >= 4 is 17.6 Å². The average molecular weight is 341 g/mol. The van der Waals surface area contributed by atoms with Gasteiger partial charge in [0.1, 0.15) is 0 Å². The minimum Gasteiger partial charge on any atom is -0.339 e. The third-order valence-electron chi connectivity index (χ3n) is 5.69. The lowest BCUT2D eigenvalue weighted by Gasteiger charge is -2.21. The number of hydrogen-bond acceptors (Lipinski definition) is 2. The van der Waals surface area contributed by atoms with Crippen molar-refractivity contribution in [2.45, 2.75) is 51.5 Å². The maximum absolute atomic E-state index is 12.8. The van der Waals surface area contributed by atoms with Crippen LogP contribution in [0.2, 0.25) is 0 Å². The van der Waals surface area contributed by atoms with Crippen LogP contribution in [0, 0.1) is 18.8 Å². The zero-order valence-corrected chi connectivity index (χ0v) is 14.9. The Hall–Kier alpha value is -2.04. The van der Waals surface area contributed by atoms with Crippen LogP contribution in [0.3, 0.4) is 0 Å². The van der Waals surface area contributed by atoms with Gasteiger partial charge in [-0.3, -0.25) is 4.79 Å². The third-order valence-corrected chi connectivity index (χ3v) is 5.69. The molecule has 2 saturated carbocycles. The van der Waals surface area contributed by atoms with E-state index in [1.807, 2.05) is 30.0 Å². The predicted octanol–water partition coefficient (Wildman–Crippen LogP) is 3.54. The molecule has 1 heterocycles. The molecule has 1 aliphatic heterocycles. The highest BCUT2D eigenvalue weighted by molar-refractivity contribution is 6.04. The summed E-state index contributed by atoms with van der Waals surface area (Å²) in [7, 11) is 0. The van der Waals surface area contributed by atoms with Crippen molar-refractivity contribution in [2.75, 3.05) is 18.4 Å². The van der Waals surface area contributed by atoms with Gasteiger partial charge in [0.05, 0.1) is 11.3 Å². The van der Waals surface area contributed by atoms with Crippen molar-refractivity contribution in [1.29, 1.82) is 0 Å². The van der Waals surface area contributed by atoms with E-state index in [0.29, 0.717) is 29.1 Å². The first-order valence-corrected chi connectivity index (χ1v) is 9.60. The van der Waals surface area contributed by atoms with Crippen LogP contribution < -0.4 is 10.6 Å². The van der Waals surface area contributed by atoms with Gasteiger partial charge in [-0.05, 0) is 68.9 Å². The summed E-state index contributed by atoms with van der Waals surface area (Å²) in [6.07, 6.45) is 7.03. The molecule has 2 aliphatic carbocycles. The molecule has 2 N–H and O–H groups in total. The van der Waals surface area contributed by atoms with E-state index in [0.717, 1.165) is 31.5 Å². The Balaban J connectivity index is 1.48. The summed E-state index contributed by atoms with van der Waals surface area (Å²) in [4.78, 5) is 27.3. The summed E-state index contributed by atoms with van der Waals surface area (Å²) in [5, 5.41) is 6.16. The molecule has 1 aromatic rings. The molecule has 134 valence electrons. The number of benzene rings is 1. The van der Waals surface area contributed by atoms with Crippen LogP contribution >= 0.6 is 0 Å². The molecule has 0 spiro atoms. The van der Waals surface area contributed by atoms with E-state index < -0.39 is 0 Å². The van der Waals surface area contributed by atoms with Crippen molar-refractivity contribution < 1.29 is 9.59 Å². The second-order valence-corrected chi connectivity index (χ2v) is 7.80. The highest BCUT2D eigenvalue weighted by Crippen LogP contribution is 2.44. The van der Waals surface area contributed by atoms with E-state index in [2.05, 4.69) is 10.6 Å². The second-order valence-electron chi connectivity index (χ2n) is 7.80. The van der Waals surface area contributed by atoms with Gasteiger partial charge in [-0.15, -0.1) is 0 Å². The molecule has 3 amide bonds. The van der Waals surface area contributed by atoms with Gasteiger partial charge in [-0.2, -0.15) is 0 Å². The van der Waals surface area contributed by atoms with Crippen molar-refractivity contribution in [3.05, 3.63) is 29.3 Å². The Morgan fingerprint density at radius 2 is 1.72 bits per heavy atom. The zero-order valence-electron chi connectivity index (χ0n) is 14.9. The SMILES string of the molecule is Cc1cccc(C(=O)N2CCCC2)c1NC(=O)NC(C1CC1)C1CC1. The number of rotatable bonds is 5. The highest BCUT2D eigenvalue weighted by Gasteiger charge is 2.42. The van der Waals surface area contributed by atoms with Crippen molar-refractivity contribution in [3.63, 3.8) is 0 Å². The highest BCUT2D eigenvalue weighted by atomic mass is 16.2. The quantitative estimate of drug-likeness (QED) is 0.860. The monoisotopic (exact) mass is 341 g/mol. The van der Waals surface area contributed by atoms with Crippen molar-refractivity contribution in [2.24, 2.45) is 11.8 Å². The zero-order chi connectivity index (χ0) is 17.4. The van der Waals surface area contributed by atoms with E-state index in [1.165, 1.54) is 25.7 Å². The fourth-order valence-corrected chi connectivity index (χ4v) is 3.93. The standard InChI is InChI=1S/C20H27N3O2/c1-13-5-4-6-16(19(24)23-11-2-3-12-23)17(13)21-20(25)22-18(14-7-8-14)15-9-10-15/h4-6,14-15,18H,2-3,7-12H2,1H3,(H2,21,22,25). The lowest BCUT2D eigenvalue weighted by atomic mass is 10.1. The Bertz CT molecular complexity index is 662. The number of anilines is 1. The van der Waals surface area contributed by atoms with Crippen molar-refractivity contribution in [3.8, 4) is 0 Å². The number of nitrogens with zero attached hydrogens (tertiary/aromatic N) is 1. The summed E-state index contributed by atoms with van der Waals surface area (Å²) >= 11 is 0. The fourth-order valence-electron chi connectivity index (χ4n) is 3.93. The number of para-hydroxylation sites is 1. The summed E-state index contributed by atoms with van der Waals surface area (Å²) in [6, 6.07) is 5.78.